The Kier molecular flexibility index (Phi) is 10.6. The third-order valence-corrected chi connectivity index (χ3v) is 6.26. The summed E-state index contributed by atoms with van der Waals surface area (Å²) in [4.78, 5) is 42.1. The van der Waals surface area contributed by atoms with Crippen LogP contribution in [-0.4, -0.2) is 47.0 Å². The van der Waals surface area contributed by atoms with Gasteiger partial charge in [0, 0.05) is 12.6 Å². The molecule has 1 aliphatic carbocycles. The minimum atomic E-state index is -0.777. The van der Waals surface area contributed by atoms with Crippen LogP contribution in [0.25, 0.3) is 0 Å². The van der Waals surface area contributed by atoms with Gasteiger partial charge in [-0.2, -0.15) is 0 Å². The monoisotopic (exact) mass is 487 g/mol. The molecular weight excluding hydrogens is 442 g/mol. The van der Waals surface area contributed by atoms with Gasteiger partial charge in [-0.1, -0.05) is 51.5 Å². The third kappa shape index (κ3) is 8.55. The van der Waals surface area contributed by atoms with E-state index in [2.05, 4.69) is 17.6 Å². The molecule has 0 bridgehead atoms. The molecule has 2 atom stereocenters. The lowest BCUT2D eigenvalue weighted by atomic mass is 9.86. The fourth-order valence-corrected chi connectivity index (χ4v) is 4.30. The maximum Gasteiger partial charge on any atom is 0.408 e. The van der Waals surface area contributed by atoms with Crippen molar-refractivity contribution in [1.82, 2.24) is 15.5 Å². The highest BCUT2D eigenvalue weighted by atomic mass is 16.6. The van der Waals surface area contributed by atoms with Gasteiger partial charge in [0.05, 0.1) is 0 Å². The zero-order valence-electron chi connectivity index (χ0n) is 22.6. The predicted octanol–water partition coefficient (Wildman–Crippen LogP) is 5.27. The maximum absolute atomic E-state index is 14.2. The molecule has 0 spiro atoms. The number of benzene rings is 1. The van der Waals surface area contributed by atoms with Gasteiger partial charge in [-0.3, -0.25) is 9.59 Å². The number of ether oxygens (including phenoxy) is 1. The lowest BCUT2D eigenvalue weighted by molar-refractivity contribution is -0.147. The van der Waals surface area contributed by atoms with Gasteiger partial charge in [-0.15, -0.1) is 0 Å². The number of nitrogens with zero attached hydrogens (tertiary/aromatic N) is 1. The fraction of sp³-hybridized carbons (Fsp3) is 0.679. The topological polar surface area (TPSA) is 87.7 Å². The summed E-state index contributed by atoms with van der Waals surface area (Å²) < 4.78 is 5.46. The minimum absolute atomic E-state index is 0.0425. The van der Waals surface area contributed by atoms with Crippen molar-refractivity contribution in [2.45, 2.75) is 111 Å². The second-order valence-corrected chi connectivity index (χ2v) is 11.1. The van der Waals surface area contributed by atoms with Crippen LogP contribution in [0.5, 0.6) is 0 Å². The van der Waals surface area contributed by atoms with Crippen LogP contribution in [0.2, 0.25) is 0 Å². The molecule has 1 aromatic carbocycles. The summed E-state index contributed by atoms with van der Waals surface area (Å²) in [6.45, 7) is 14.0. The first kappa shape index (κ1) is 28.7. The Labute approximate surface area is 211 Å². The Morgan fingerprint density at radius 1 is 1.14 bits per heavy atom. The Bertz CT molecular complexity index is 858. The molecule has 7 heteroatoms. The number of carbonyl (C=O) groups is 3. The summed E-state index contributed by atoms with van der Waals surface area (Å²) in [6.07, 6.45) is 4.38. The molecule has 0 radical (unpaired) electrons. The Balaban J connectivity index is 2.45. The molecular formula is C28H45N3O4. The van der Waals surface area contributed by atoms with E-state index in [9.17, 15) is 14.4 Å². The first-order chi connectivity index (χ1) is 16.4. The average Bonchev–Trinajstić information content (AvgIpc) is 2.70. The Morgan fingerprint density at radius 2 is 1.80 bits per heavy atom. The van der Waals surface area contributed by atoms with Crippen LogP contribution in [0.4, 0.5) is 4.79 Å². The van der Waals surface area contributed by atoms with Crippen LogP contribution in [0.3, 0.4) is 0 Å². The number of amides is 3. The summed E-state index contributed by atoms with van der Waals surface area (Å²) in [5.41, 5.74) is 1.11. The van der Waals surface area contributed by atoms with Crippen molar-refractivity contribution in [3.05, 3.63) is 35.4 Å². The molecule has 1 saturated carbocycles. The van der Waals surface area contributed by atoms with Crippen molar-refractivity contribution >= 4 is 17.9 Å². The number of nitrogens with one attached hydrogen (secondary N) is 2. The first-order valence-electron chi connectivity index (χ1n) is 13.1. The smallest absolute Gasteiger partial charge is 0.408 e. The van der Waals surface area contributed by atoms with Crippen molar-refractivity contribution in [2.24, 2.45) is 5.92 Å². The standard InChI is InChI=1S/C28H45N3O4/c1-8-9-17-29-25(32)24(22-16-11-10-13-20(22)4)31(21-14-12-15-21)26(33)23(18-19(2)3)30-27(34)35-28(5,6)7/h10-11,13,16,19,21,23-24H,8-9,12,14-15,17-18H2,1-7H3,(H,29,32)(H,30,34). The molecule has 0 heterocycles. The van der Waals surface area contributed by atoms with Crippen LogP contribution in [0.1, 0.15) is 97.2 Å². The van der Waals surface area contributed by atoms with E-state index in [-0.39, 0.29) is 23.8 Å². The fourth-order valence-electron chi connectivity index (χ4n) is 4.30. The van der Waals surface area contributed by atoms with Gasteiger partial charge in [-0.25, -0.2) is 4.79 Å². The van der Waals surface area contributed by atoms with Crippen molar-refractivity contribution in [3.63, 3.8) is 0 Å². The van der Waals surface area contributed by atoms with Gasteiger partial charge >= 0.3 is 6.09 Å². The molecule has 196 valence electrons. The van der Waals surface area contributed by atoms with Gasteiger partial charge < -0.3 is 20.3 Å². The van der Waals surface area contributed by atoms with Crippen molar-refractivity contribution in [2.75, 3.05) is 6.54 Å². The number of rotatable bonds is 11. The number of carbonyl (C=O) groups excluding carboxylic acids is 3. The van der Waals surface area contributed by atoms with E-state index in [1.54, 1.807) is 25.7 Å². The second kappa shape index (κ2) is 12.9. The number of alkyl carbamates (subject to hydrolysis) is 1. The van der Waals surface area contributed by atoms with Crippen LogP contribution in [0.15, 0.2) is 24.3 Å². The largest absolute Gasteiger partial charge is 0.444 e. The quantitative estimate of drug-likeness (QED) is 0.416. The second-order valence-electron chi connectivity index (χ2n) is 11.1. The molecule has 1 aromatic rings. The predicted molar refractivity (Wildman–Crippen MR) is 139 cm³/mol. The third-order valence-electron chi connectivity index (χ3n) is 6.26. The lowest BCUT2D eigenvalue weighted by Gasteiger charge is -2.44. The Hall–Kier alpha value is -2.57. The van der Waals surface area contributed by atoms with Crippen LogP contribution >= 0.6 is 0 Å². The number of aryl methyl sites for hydroxylation is 1. The number of hydrogen-bond acceptors (Lipinski definition) is 4. The van der Waals surface area contributed by atoms with E-state index in [1.807, 2.05) is 45.0 Å². The molecule has 1 fully saturated rings. The molecule has 2 rings (SSSR count). The van der Waals surface area contributed by atoms with Crippen molar-refractivity contribution in [3.8, 4) is 0 Å². The van der Waals surface area contributed by atoms with Crippen LogP contribution in [0, 0.1) is 12.8 Å². The van der Waals surface area contributed by atoms with Gasteiger partial charge in [0.1, 0.15) is 17.7 Å². The Morgan fingerprint density at radius 3 is 2.31 bits per heavy atom. The van der Waals surface area contributed by atoms with E-state index in [0.717, 1.165) is 43.2 Å². The van der Waals surface area contributed by atoms with E-state index >= 15 is 0 Å². The van der Waals surface area contributed by atoms with Crippen molar-refractivity contribution < 1.29 is 19.1 Å². The molecule has 0 saturated heterocycles. The van der Waals surface area contributed by atoms with Gasteiger partial charge in [0.25, 0.3) is 0 Å². The zero-order chi connectivity index (χ0) is 26.2. The van der Waals surface area contributed by atoms with Crippen molar-refractivity contribution in [1.29, 1.82) is 0 Å². The van der Waals surface area contributed by atoms with Gasteiger partial charge in [-0.05, 0) is 76.8 Å². The first-order valence-corrected chi connectivity index (χ1v) is 13.1. The van der Waals surface area contributed by atoms with Crippen LogP contribution < -0.4 is 10.6 Å². The van der Waals surface area contributed by atoms with E-state index in [4.69, 9.17) is 4.74 Å². The summed E-state index contributed by atoms with van der Waals surface area (Å²) >= 11 is 0. The van der Waals surface area contributed by atoms with E-state index < -0.39 is 23.8 Å². The number of unbranched alkanes of at least 4 members (excludes halogenated alkanes) is 1. The van der Waals surface area contributed by atoms with E-state index in [0.29, 0.717) is 13.0 Å². The highest BCUT2D eigenvalue weighted by Crippen LogP contribution is 2.35. The summed E-state index contributed by atoms with van der Waals surface area (Å²) in [6, 6.07) is 6.17. The highest BCUT2D eigenvalue weighted by Gasteiger charge is 2.42. The molecule has 3 amide bonds. The zero-order valence-corrected chi connectivity index (χ0v) is 22.6. The van der Waals surface area contributed by atoms with E-state index in [1.165, 1.54) is 0 Å². The molecule has 2 unspecified atom stereocenters. The lowest BCUT2D eigenvalue weighted by Crippen LogP contribution is -2.57. The summed E-state index contributed by atoms with van der Waals surface area (Å²) in [7, 11) is 0. The normalized spacial score (nSPS) is 15.7. The SMILES string of the molecule is CCCCNC(=O)C(c1ccccc1C)N(C(=O)C(CC(C)C)NC(=O)OC(C)(C)C)C1CCC1. The minimum Gasteiger partial charge on any atom is -0.444 e. The maximum atomic E-state index is 14.2. The molecule has 0 aromatic heterocycles. The van der Waals surface area contributed by atoms with Crippen LogP contribution in [-0.2, 0) is 14.3 Å². The molecule has 35 heavy (non-hydrogen) atoms. The molecule has 2 N–H and O–H groups in total. The number of hydrogen-bond donors (Lipinski definition) is 2. The highest BCUT2D eigenvalue weighted by molar-refractivity contribution is 5.92. The summed E-state index contributed by atoms with van der Waals surface area (Å²) in [5.74, 6) is -0.237. The molecule has 1 aliphatic rings. The summed E-state index contributed by atoms with van der Waals surface area (Å²) in [5, 5.41) is 5.87. The van der Waals surface area contributed by atoms with Gasteiger partial charge in [0.2, 0.25) is 11.8 Å². The molecule has 7 nitrogen and oxygen atoms in total. The molecule has 0 aliphatic heterocycles. The van der Waals surface area contributed by atoms with Gasteiger partial charge in [0.15, 0.2) is 0 Å². The average molecular weight is 488 g/mol.